The summed E-state index contributed by atoms with van der Waals surface area (Å²) in [6.45, 7) is 9.08. The number of aromatic nitrogens is 2. The van der Waals surface area contributed by atoms with Gasteiger partial charge in [-0.05, 0) is 30.8 Å². The summed E-state index contributed by atoms with van der Waals surface area (Å²) in [5.41, 5.74) is 0.444. The number of halogens is 5. The van der Waals surface area contributed by atoms with Crippen molar-refractivity contribution in [3.05, 3.63) is 59.4 Å². The second kappa shape index (κ2) is 16.1. The smallest absolute Gasteiger partial charge is 0.493 e. The standard InChI is InChI=1S/C31H33Cl2F3N8O6/c1-6-25(45)44(50-29(46)31(34,35)36)20-9-8-18(43-12-10-42(7-2)11-13-43)14-19(20)39-23-16-24(38-17-37-23)41(3)30(47)40-28-26(32)21(48-4)15-22(49-5)27(28)33/h6,8-9,14-17H,1,7,10-13H2,2-5H3,(H,40,47)(H,37,38,39). The molecule has 0 saturated carbocycles. The van der Waals surface area contributed by atoms with Gasteiger partial charge in [-0.1, -0.05) is 36.7 Å². The normalized spacial score (nSPS) is 13.3. The fourth-order valence-electron chi connectivity index (χ4n) is 4.78. The van der Waals surface area contributed by atoms with Crippen LogP contribution in [0.25, 0.3) is 0 Å². The van der Waals surface area contributed by atoms with Crippen molar-refractivity contribution in [3.63, 3.8) is 0 Å². The number of benzene rings is 2. The van der Waals surface area contributed by atoms with Crippen molar-refractivity contribution in [2.75, 3.05) is 79.5 Å². The van der Waals surface area contributed by atoms with Crippen molar-refractivity contribution in [2.45, 2.75) is 13.1 Å². The molecule has 0 unspecified atom stereocenters. The first-order chi connectivity index (χ1) is 23.7. The van der Waals surface area contributed by atoms with E-state index in [2.05, 4.69) is 48.7 Å². The number of piperazine rings is 1. The maximum absolute atomic E-state index is 13.3. The highest BCUT2D eigenvalue weighted by molar-refractivity contribution is 6.41. The van der Waals surface area contributed by atoms with Crippen LogP contribution >= 0.6 is 23.2 Å². The summed E-state index contributed by atoms with van der Waals surface area (Å²) in [4.78, 5) is 56.1. The number of hydrogen-bond donors (Lipinski definition) is 2. The van der Waals surface area contributed by atoms with E-state index in [1.165, 1.54) is 39.5 Å². The summed E-state index contributed by atoms with van der Waals surface area (Å²) in [6.07, 6.45) is -3.58. The third kappa shape index (κ3) is 8.58. The molecule has 0 spiro atoms. The van der Waals surface area contributed by atoms with Gasteiger partial charge in [-0.2, -0.15) is 13.2 Å². The zero-order chi connectivity index (χ0) is 36.7. The Bertz CT molecular complexity index is 1730. The van der Waals surface area contributed by atoms with Crippen LogP contribution in [-0.4, -0.2) is 92.9 Å². The third-order valence-electron chi connectivity index (χ3n) is 7.53. The molecule has 2 aromatic carbocycles. The molecule has 0 bridgehead atoms. The highest BCUT2D eigenvalue weighted by Crippen LogP contribution is 2.44. The summed E-state index contributed by atoms with van der Waals surface area (Å²) in [5.74, 6) is -3.29. The number of likely N-dealkylation sites (N-methyl/N-ethyl adjacent to an activating group) is 1. The maximum Gasteiger partial charge on any atom is 0.493 e. The van der Waals surface area contributed by atoms with E-state index in [1.54, 1.807) is 12.1 Å². The third-order valence-corrected chi connectivity index (χ3v) is 8.28. The van der Waals surface area contributed by atoms with Crippen LogP contribution in [0.1, 0.15) is 6.92 Å². The van der Waals surface area contributed by atoms with Gasteiger partial charge < -0.3 is 34.7 Å². The van der Waals surface area contributed by atoms with E-state index in [-0.39, 0.29) is 55.3 Å². The Morgan fingerprint density at radius 1 is 1.02 bits per heavy atom. The van der Waals surface area contributed by atoms with Gasteiger partial charge in [-0.3, -0.25) is 9.69 Å². The first-order valence-corrected chi connectivity index (χ1v) is 15.6. The van der Waals surface area contributed by atoms with Gasteiger partial charge in [0.25, 0.3) is 5.91 Å². The Morgan fingerprint density at radius 3 is 2.22 bits per heavy atom. The van der Waals surface area contributed by atoms with Crippen LogP contribution in [0.3, 0.4) is 0 Å². The van der Waals surface area contributed by atoms with Gasteiger partial charge >= 0.3 is 18.2 Å². The number of amides is 3. The summed E-state index contributed by atoms with van der Waals surface area (Å²) < 4.78 is 50.1. The molecule has 1 fully saturated rings. The topological polar surface area (TPSA) is 142 Å². The maximum atomic E-state index is 13.3. The Morgan fingerprint density at radius 2 is 1.66 bits per heavy atom. The van der Waals surface area contributed by atoms with E-state index in [9.17, 15) is 27.6 Å². The highest BCUT2D eigenvalue weighted by Gasteiger charge is 2.44. The number of rotatable bonds is 10. The Balaban J connectivity index is 1.69. The number of methoxy groups -OCH3 is 2. The average molecular weight is 742 g/mol. The van der Waals surface area contributed by atoms with Gasteiger partial charge in [0.15, 0.2) is 0 Å². The molecule has 19 heteroatoms. The fraction of sp³-hybridized carbons (Fsp3) is 0.323. The number of ether oxygens (including phenoxy) is 2. The minimum Gasteiger partial charge on any atom is -0.495 e. The molecule has 0 radical (unpaired) electrons. The van der Waals surface area contributed by atoms with Gasteiger partial charge in [-0.25, -0.2) is 19.6 Å². The minimum absolute atomic E-state index is 0.00963. The molecule has 4 rings (SSSR count). The zero-order valence-electron chi connectivity index (χ0n) is 27.3. The van der Waals surface area contributed by atoms with Gasteiger partial charge in [0.05, 0.1) is 25.6 Å². The fourth-order valence-corrected chi connectivity index (χ4v) is 5.37. The molecule has 0 aliphatic carbocycles. The van der Waals surface area contributed by atoms with Crippen molar-refractivity contribution in [1.29, 1.82) is 0 Å². The quantitative estimate of drug-likeness (QED) is 0.190. The highest BCUT2D eigenvalue weighted by atomic mass is 35.5. The van der Waals surface area contributed by atoms with Crippen molar-refractivity contribution in [2.24, 2.45) is 0 Å². The van der Waals surface area contributed by atoms with Crippen molar-refractivity contribution < 1.29 is 41.9 Å². The summed E-state index contributed by atoms with van der Waals surface area (Å²) in [6, 6.07) is 6.55. The SMILES string of the molecule is C=CC(=O)N(OC(=O)C(F)(F)F)c1ccc(N2CCN(CC)CC2)cc1Nc1cc(N(C)C(=O)Nc2c(Cl)c(OC)cc(OC)c2Cl)ncn1. The molecule has 3 aromatic rings. The number of carbonyl (C=O) groups is 3. The van der Waals surface area contributed by atoms with Crippen molar-refractivity contribution in [1.82, 2.24) is 14.9 Å². The van der Waals surface area contributed by atoms with Crippen molar-refractivity contribution >= 4 is 75.5 Å². The summed E-state index contributed by atoms with van der Waals surface area (Å²) in [7, 11) is 4.15. The van der Waals surface area contributed by atoms with Crippen LogP contribution in [-0.2, 0) is 14.4 Å². The molecule has 1 aliphatic rings. The molecule has 14 nitrogen and oxygen atoms in total. The van der Waals surface area contributed by atoms with Gasteiger partial charge in [0.1, 0.15) is 45.2 Å². The van der Waals surface area contributed by atoms with Crippen LogP contribution in [0.15, 0.2) is 49.3 Å². The molecule has 50 heavy (non-hydrogen) atoms. The average Bonchev–Trinajstić information content (AvgIpc) is 3.11. The molecular formula is C31H33Cl2F3N8O6. The largest absolute Gasteiger partial charge is 0.495 e. The molecule has 1 aliphatic heterocycles. The second-order valence-electron chi connectivity index (χ2n) is 10.5. The van der Waals surface area contributed by atoms with Crippen LogP contribution in [0.5, 0.6) is 11.5 Å². The lowest BCUT2D eigenvalue weighted by molar-refractivity contribution is -0.201. The number of urea groups is 1. The minimum atomic E-state index is -5.40. The Labute approximate surface area is 295 Å². The van der Waals surface area contributed by atoms with Gasteiger partial charge in [0, 0.05) is 51.0 Å². The summed E-state index contributed by atoms with van der Waals surface area (Å²) in [5, 5.41) is 5.76. The van der Waals surface area contributed by atoms with E-state index in [1.807, 2.05) is 0 Å². The van der Waals surface area contributed by atoms with Crippen LogP contribution in [0.2, 0.25) is 10.0 Å². The van der Waals surface area contributed by atoms with Crippen LogP contribution in [0.4, 0.5) is 52.4 Å². The van der Waals surface area contributed by atoms with Gasteiger partial charge in [-0.15, -0.1) is 5.06 Å². The lowest BCUT2D eigenvalue weighted by atomic mass is 10.2. The van der Waals surface area contributed by atoms with Crippen LogP contribution in [0, 0.1) is 0 Å². The lowest BCUT2D eigenvalue weighted by Gasteiger charge is -2.36. The van der Waals surface area contributed by atoms with E-state index in [4.69, 9.17) is 32.7 Å². The number of hydroxylamine groups is 1. The molecular weight excluding hydrogens is 708 g/mol. The molecule has 2 N–H and O–H groups in total. The molecule has 268 valence electrons. The monoisotopic (exact) mass is 740 g/mol. The predicted molar refractivity (Wildman–Crippen MR) is 183 cm³/mol. The van der Waals surface area contributed by atoms with Gasteiger partial charge in [0.2, 0.25) is 0 Å². The Hall–Kier alpha value is -5.00. The first kappa shape index (κ1) is 37.8. The molecule has 0 atom stereocenters. The lowest BCUT2D eigenvalue weighted by Crippen LogP contribution is -2.46. The van der Waals surface area contributed by atoms with E-state index in [0.717, 1.165) is 30.9 Å². The van der Waals surface area contributed by atoms with E-state index >= 15 is 0 Å². The number of hydrogen-bond acceptors (Lipinski definition) is 11. The number of anilines is 6. The zero-order valence-corrected chi connectivity index (χ0v) is 28.8. The van der Waals surface area contributed by atoms with E-state index in [0.29, 0.717) is 24.9 Å². The van der Waals surface area contributed by atoms with Crippen LogP contribution < -0.4 is 35.0 Å². The molecule has 1 aromatic heterocycles. The molecule has 1 saturated heterocycles. The second-order valence-corrected chi connectivity index (χ2v) is 11.3. The summed E-state index contributed by atoms with van der Waals surface area (Å²) >= 11 is 12.8. The number of nitrogens with one attached hydrogen (secondary N) is 2. The molecule has 3 amide bonds. The van der Waals surface area contributed by atoms with E-state index < -0.39 is 24.1 Å². The number of nitrogens with zero attached hydrogens (tertiary/aromatic N) is 6. The van der Waals surface area contributed by atoms with Crippen molar-refractivity contribution in [3.8, 4) is 11.5 Å². The Kier molecular flexibility index (Phi) is 12.2. The first-order valence-electron chi connectivity index (χ1n) is 14.8. The molecule has 2 heterocycles. The number of alkyl halides is 3. The predicted octanol–water partition coefficient (Wildman–Crippen LogP) is 5.89. The number of carbonyl (C=O) groups excluding carboxylic acids is 3.